The van der Waals surface area contributed by atoms with Crippen molar-refractivity contribution in [3.63, 3.8) is 0 Å². The predicted octanol–water partition coefficient (Wildman–Crippen LogP) is 5.84. The highest BCUT2D eigenvalue weighted by atomic mass is 16.4. The number of fused-ring (bicyclic) bond motifs is 2. The molecule has 0 saturated heterocycles. The van der Waals surface area contributed by atoms with Gasteiger partial charge in [0.2, 0.25) is 29.4 Å². The van der Waals surface area contributed by atoms with E-state index in [9.17, 15) is 34.2 Å². The van der Waals surface area contributed by atoms with Crippen LogP contribution >= 0.6 is 0 Å². The van der Waals surface area contributed by atoms with E-state index in [0.29, 0.717) is 39.4 Å². The monoisotopic (exact) mass is 805 g/mol. The van der Waals surface area contributed by atoms with Gasteiger partial charge in [0.15, 0.2) is 5.43 Å². The highest BCUT2D eigenvalue weighted by Crippen LogP contribution is 2.41. The van der Waals surface area contributed by atoms with Gasteiger partial charge in [0.1, 0.15) is 17.1 Å². The van der Waals surface area contributed by atoms with E-state index in [0.717, 1.165) is 11.1 Å². The first-order valence-corrected chi connectivity index (χ1v) is 19.0. The number of benzene rings is 4. The molecule has 0 saturated carbocycles. The molecule has 15 nitrogen and oxygen atoms in total. The number of rotatable bonds is 13. The van der Waals surface area contributed by atoms with E-state index >= 15 is 0 Å². The van der Waals surface area contributed by atoms with E-state index < -0.39 is 17.3 Å². The molecule has 5 N–H and O–H groups in total. The molecule has 60 heavy (non-hydrogen) atoms. The number of phenolic OH excluding ortho intramolecular Hbond substituents is 1. The lowest BCUT2D eigenvalue weighted by molar-refractivity contribution is -0.132. The van der Waals surface area contributed by atoms with Gasteiger partial charge >= 0.3 is 5.97 Å². The van der Waals surface area contributed by atoms with Crippen molar-refractivity contribution in [2.75, 3.05) is 18.4 Å². The van der Waals surface area contributed by atoms with Gasteiger partial charge in [-0.05, 0) is 68.3 Å². The number of anilines is 1. The van der Waals surface area contributed by atoms with Gasteiger partial charge in [0, 0.05) is 71.4 Å². The summed E-state index contributed by atoms with van der Waals surface area (Å²) in [5.41, 5.74) is 2.79. The number of hydrogen-bond acceptors (Lipinski definition) is 11. The lowest BCUT2D eigenvalue weighted by Gasteiger charge is -2.21. The fraction of sp³-hybridized carbons (Fsp3) is 0.178. The Bertz CT molecular complexity index is 2760. The van der Waals surface area contributed by atoms with E-state index in [-0.39, 0.29) is 77.8 Å². The first-order valence-electron chi connectivity index (χ1n) is 19.0. The lowest BCUT2D eigenvalue weighted by Crippen LogP contribution is -2.40. The molecular weight excluding hydrogens is 767 g/mol. The molecule has 3 aliphatic rings. The first-order chi connectivity index (χ1) is 28.9. The summed E-state index contributed by atoms with van der Waals surface area (Å²) >= 11 is 0. The Kier molecular flexibility index (Phi) is 11.7. The zero-order valence-corrected chi connectivity index (χ0v) is 32.6. The van der Waals surface area contributed by atoms with Crippen LogP contribution in [0.2, 0.25) is 0 Å². The average Bonchev–Trinajstić information content (AvgIpc) is 3.41. The van der Waals surface area contributed by atoms with Crippen LogP contribution in [0.3, 0.4) is 0 Å². The number of amides is 3. The van der Waals surface area contributed by atoms with Gasteiger partial charge in [-0.3, -0.25) is 19.2 Å². The minimum absolute atomic E-state index is 0.0787. The van der Waals surface area contributed by atoms with Crippen LogP contribution in [0, 0.1) is 12.3 Å². The highest BCUT2D eigenvalue weighted by Gasteiger charge is 2.31. The van der Waals surface area contributed by atoms with Gasteiger partial charge in [-0.1, -0.05) is 60.2 Å². The molecule has 3 aromatic carbocycles. The summed E-state index contributed by atoms with van der Waals surface area (Å²) in [5.74, 6) is -1.43. The van der Waals surface area contributed by atoms with Crippen LogP contribution in [0.25, 0.3) is 50.6 Å². The van der Waals surface area contributed by atoms with Crippen molar-refractivity contribution in [1.82, 2.24) is 31.0 Å². The number of carboxylic acid groups (broad SMARTS) is 1. The molecule has 2 heterocycles. The maximum Gasteiger partial charge on any atom is 0.336 e. The summed E-state index contributed by atoms with van der Waals surface area (Å²) < 4.78 is 5.91. The van der Waals surface area contributed by atoms with E-state index in [1.54, 1.807) is 55.5 Å². The number of hydrogen-bond donors (Lipinski definition) is 5. The lowest BCUT2D eigenvalue weighted by atomic mass is 9.88. The summed E-state index contributed by atoms with van der Waals surface area (Å²) in [6.45, 7) is 3.82. The van der Waals surface area contributed by atoms with E-state index in [1.807, 2.05) is 31.2 Å². The predicted molar refractivity (Wildman–Crippen MR) is 223 cm³/mol. The Hall–Kier alpha value is -7.81. The molecule has 0 fully saturated rings. The Labute approximate surface area is 342 Å². The SMILES string of the molecule is Cc1ccc(-c2nnc(-c3cccc(NC(=O)CCCC(=O)NCCNC(=O)C4(C)C=CC(C(=O)O)=C(c5c6ccc(=O)cc-6oc6cc(O)ccc56)C=C4)c3)nn2)cc1. The third-order valence-corrected chi connectivity index (χ3v) is 9.88. The van der Waals surface area contributed by atoms with E-state index in [2.05, 4.69) is 36.3 Å². The number of carbonyl (C=O) groups is 4. The molecule has 3 amide bonds. The molecule has 1 aromatic heterocycles. The first kappa shape index (κ1) is 40.4. The molecule has 0 bridgehead atoms. The van der Waals surface area contributed by atoms with E-state index in [4.69, 9.17) is 4.42 Å². The van der Waals surface area contributed by atoms with Crippen molar-refractivity contribution < 1.29 is 33.8 Å². The molecule has 1 aliphatic heterocycles. The van der Waals surface area contributed by atoms with Gasteiger partial charge < -0.3 is 30.6 Å². The van der Waals surface area contributed by atoms with Crippen molar-refractivity contribution in [2.24, 2.45) is 5.41 Å². The third-order valence-electron chi connectivity index (χ3n) is 9.88. The van der Waals surface area contributed by atoms with Gasteiger partial charge in [-0.25, -0.2) is 4.79 Å². The number of carboxylic acids is 1. The van der Waals surface area contributed by atoms with Crippen LogP contribution in [0.15, 0.2) is 124 Å². The normalized spacial score (nSPS) is 14.8. The Morgan fingerprint density at radius 1 is 0.767 bits per heavy atom. The van der Waals surface area contributed by atoms with Gasteiger partial charge in [0.05, 0.1) is 11.0 Å². The van der Waals surface area contributed by atoms with Crippen molar-refractivity contribution in [3.8, 4) is 39.8 Å². The third kappa shape index (κ3) is 9.15. The molecule has 2 aliphatic carbocycles. The number of phenols is 1. The molecule has 0 radical (unpaired) electrons. The summed E-state index contributed by atoms with van der Waals surface area (Å²) in [4.78, 5) is 63.5. The van der Waals surface area contributed by atoms with Crippen molar-refractivity contribution in [3.05, 3.63) is 136 Å². The fourth-order valence-corrected chi connectivity index (χ4v) is 6.64. The number of allylic oxidation sites excluding steroid dienone is 2. The quantitative estimate of drug-likeness (QED) is 0.0686. The zero-order valence-electron chi connectivity index (χ0n) is 32.6. The molecule has 1 atom stereocenters. The van der Waals surface area contributed by atoms with Gasteiger partial charge in [0.25, 0.3) is 0 Å². The summed E-state index contributed by atoms with van der Waals surface area (Å²) in [6.07, 6.45) is 6.46. The van der Waals surface area contributed by atoms with Crippen molar-refractivity contribution in [1.29, 1.82) is 0 Å². The van der Waals surface area contributed by atoms with Crippen LogP contribution in [-0.4, -0.2) is 67.4 Å². The number of aromatic hydroxyl groups is 1. The number of nitrogens with one attached hydrogen (secondary N) is 3. The standard InChI is InChI=1S/C45H39N7O8/c1-26-9-11-27(12-10-26)41-49-51-42(52-50-41)28-5-3-6-29(23-28)48-39(56)8-4-7-38(55)46-21-22-47-44(59)45(2)19-17-32(33(18-20-45)43(57)58)40-34-15-13-30(53)24-36(34)60-37-25-31(54)14-16-35(37)40/h3,5-6,9-20,23-25,53H,4,7-8,21-22H2,1-2H3,(H,46,55)(H,47,59)(H,48,56)(H,57,58). The molecule has 1 unspecified atom stereocenters. The number of aryl methyl sites for hydroxylation is 1. The average molecular weight is 806 g/mol. The minimum Gasteiger partial charge on any atom is -0.508 e. The Morgan fingerprint density at radius 3 is 2.22 bits per heavy atom. The fourth-order valence-electron chi connectivity index (χ4n) is 6.64. The highest BCUT2D eigenvalue weighted by molar-refractivity contribution is 6.10. The molecule has 0 spiro atoms. The molecule has 15 heteroatoms. The topological polar surface area (TPSA) is 227 Å². The number of nitrogens with zero attached hydrogens (tertiary/aromatic N) is 4. The van der Waals surface area contributed by atoms with Crippen LogP contribution in [0.1, 0.15) is 37.3 Å². The Morgan fingerprint density at radius 2 is 1.47 bits per heavy atom. The second-order valence-electron chi connectivity index (χ2n) is 14.4. The van der Waals surface area contributed by atoms with Crippen LogP contribution in [-0.2, 0) is 19.2 Å². The number of aliphatic carboxylic acids is 1. The number of aromatic nitrogens is 4. The largest absolute Gasteiger partial charge is 0.508 e. The Balaban J connectivity index is 0.899. The second-order valence-corrected chi connectivity index (χ2v) is 14.4. The van der Waals surface area contributed by atoms with Crippen molar-refractivity contribution >= 4 is 45.9 Å². The summed E-state index contributed by atoms with van der Waals surface area (Å²) in [7, 11) is 0. The maximum atomic E-state index is 13.5. The van der Waals surface area contributed by atoms with Crippen molar-refractivity contribution in [2.45, 2.75) is 33.1 Å². The second kappa shape index (κ2) is 17.4. The molecule has 7 rings (SSSR count). The smallest absolute Gasteiger partial charge is 0.336 e. The number of carbonyl (C=O) groups excluding carboxylic acids is 3. The molecular formula is C45H39N7O8. The van der Waals surface area contributed by atoms with Crippen LogP contribution in [0.5, 0.6) is 5.75 Å². The molecule has 302 valence electrons. The van der Waals surface area contributed by atoms with Crippen LogP contribution < -0.4 is 21.4 Å². The van der Waals surface area contributed by atoms with E-state index in [1.165, 1.54) is 36.4 Å². The summed E-state index contributed by atoms with van der Waals surface area (Å²) in [5, 5.41) is 46.1. The zero-order chi connectivity index (χ0) is 42.4. The van der Waals surface area contributed by atoms with Gasteiger partial charge in [-0.15, -0.1) is 20.4 Å². The van der Waals surface area contributed by atoms with Crippen LogP contribution in [0.4, 0.5) is 5.69 Å². The minimum atomic E-state index is -1.28. The molecule has 4 aromatic rings. The maximum absolute atomic E-state index is 13.5. The van der Waals surface area contributed by atoms with Gasteiger partial charge in [-0.2, -0.15) is 0 Å². The summed E-state index contributed by atoms with van der Waals surface area (Å²) in [6, 6.07) is 23.3.